The Bertz CT molecular complexity index is 601. The predicted molar refractivity (Wildman–Crippen MR) is 61.3 cm³/mol. The first-order valence-corrected chi connectivity index (χ1v) is 4.90. The van der Waals surface area contributed by atoms with Crippen molar-refractivity contribution in [1.29, 1.82) is 5.26 Å². The summed E-state index contributed by atoms with van der Waals surface area (Å²) >= 11 is 0. The molecule has 0 bridgehead atoms. The van der Waals surface area contributed by atoms with Crippen LogP contribution in [0.4, 0.5) is 5.82 Å². The molecule has 1 aromatic carbocycles. The number of hydrogen-bond acceptors (Lipinski definition) is 3. The van der Waals surface area contributed by atoms with Crippen LogP contribution in [-0.4, -0.2) is 9.78 Å². The normalized spacial score (nSPS) is 9.35. The van der Waals surface area contributed by atoms with Crippen molar-refractivity contribution in [3.05, 3.63) is 58.1 Å². The monoisotopic (exact) mass is 224 g/mol. The first-order chi connectivity index (χ1) is 8.33. The highest BCUT2D eigenvalue weighted by atomic mass is 15.3. The highest BCUT2D eigenvalue weighted by Gasteiger charge is 2.06. The fourth-order valence-corrected chi connectivity index (χ4v) is 1.46. The number of aromatic nitrogens is 2. The van der Waals surface area contributed by atoms with E-state index >= 15 is 0 Å². The first-order valence-electron chi connectivity index (χ1n) is 4.90. The summed E-state index contributed by atoms with van der Waals surface area (Å²) in [6.07, 6.45) is 1.57. The van der Waals surface area contributed by atoms with Gasteiger partial charge in [0.1, 0.15) is 6.07 Å². The van der Waals surface area contributed by atoms with Gasteiger partial charge in [-0.3, -0.25) is 4.68 Å². The molecule has 0 saturated heterocycles. The molecule has 82 valence electrons. The zero-order chi connectivity index (χ0) is 12.1. The Balaban J connectivity index is 2.29. The molecular weight excluding hydrogens is 216 g/mol. The van der Waals surface area contributed by atoms with E-state index in [0.717, 1.165) is 5.56 Å². The highest BCUT2D eigenvalue weighted by molar-refractivity contribution is 5.45. The molecular formula is C11H8N6. The molecule has 2 rings (SSSR count). The SMILES string of the molecule is N#Cc1cn(Cc2ccccc2)nc1N=[N+]=[N-]. The molecule has 0 aliphatic rings. The van der Waals surface area contributed by atoms with E-state index in [9.17, 15) is 0 Å². The van der Waals surface area contributed by atoms with Crippen LogP contribution in [0.1, 0.15) is 11.1 Å². The third-order valence-electron chi connectivity index (χ3n) is 2.19. The van der Waals surface area contributed by atoms with Crippen LogP contribution in [-0.2, 0) is 6.54 Å². The van der Waals surface area contributed by atoms with E-state index in [0.29, 0.717) is 6.54 Å². The zero-order valence-corrected chi connectivity index (χ0v) is 8.85. The van der Waals surface area contributed by atoms with Crippen LogP contribution in [0, 0.1) is 11.3 Å². The minimum absolute atomic E-state index is 0.117. The molecule has 17 heavy (non-hydrogen) atoms. The Morgan fingerprint density at radius 1 is 1.41 bits per heavy atom. The molecule has 0 amide bonds. The molecule has 1 heterocycles. The van der Waals surface area contributed by atoms with Gasteiger partial charge < -0.3 is 0 Å². The molecule has 0 spiro atoms. The van der Waals surface area contributed by atoms with Gasteiger partial charge in [-0.25, -0.2) is 0 Å². The van der Waals surface area contributed by atoms with Crippen molar-refractivity contribution < 1.29 is 0 Å². The van der Waals surface area contributed by atoms with Gasteiger partial charge in [-0.1, -0.05) is 30.3 Å². The number of hydrogen-bond donors (Lipinski definition) is 0. The summed E-state index contributed by atoms with van der Waals surface area (Å²) in [7, 11) is 0. The van der Waals surface area contributed by atoms with E-state index in [-0.39, 0.29) is 11.4 Å². The van der Waals surface area contributed by atoms with Gasteiger partial charge in [0.15, 0.2) is 5.82 Å². The quantitative estimate of drug-likeness (QED) is 0.455. The van der Waals surface area contributed by atoms with Gasteiger partial charge in [0.25, 0.3) is 0 Å². The van der Waals surface area contributed by atoms with Crippen molar-refractivity contribution in [2.45, 2.75) is 6.54 Å². The van der Waals surface area contributed by atoms with Gasteiger partial charge >= 0.3 is 0 Å². The van der Waals surface area contributed by atoms with Gasteiger partial charge in [-0.15, -0.1) is 0 Å². The Morgan fingerprint density at radius 3 is 2.82 bits per heavy atom. The van der Waals surface area contributed by atoms with E-state index in [1.54, 1.807) is 10.9 Å². The average Bonchev–Trinajstić information content (AvgIpc) is 2.73. The van der Waals surface area contributed by atoms with E-state index < -0.39 is 0 Å². The first kappa shape index (κ1) is 10.7. The lowest BCUT2D eigenvalue weighted by molar-refractivity contribution is 0.688. The molecule has 0 N–H and O–H groups in total. The molecule has 6 nitrogen and oxygen atoms in total. The van der Waals surface area contributed by atoms with Gasteiger partial charge in [-0.2, -0.15) is 10.4 Å². The number of rotatable bonds is 3. The molecule has 0 unspecified atom stereocenters. The van der Waals surface area contributed by atoms with Crippen LogP contribution in [0.2, 0.25) is 0 Å². The summed E-state index contributed by atoms with van der Waals surface area (Å²) < 4.78 is 1.58. The van der Waals surface area contributed by atoms with Crippen molar-refractivity contribution in [2.75, 3.05) is 0 Å². The van der Waals surface area contributed by atoms with Crippen LogP contribution in [0.25, 0.3) is 10.4 Å². The summed E-state index contributed by atoms with van der Waals surface area (Å²) in [6, 6.07) is 11.6. The van der Waals surface area contributed by atoms with Crippen molar-refractivity contribution in [2.24, 2.45) is 5.11 Å². The van der Waals surface area contributed by atoms with Gasteiger partial charge in [0.2, 0.25) is 0 Å². The Kier molecular flexibility index (Phi) is 3.05. The summed E-state index contributed by atoms with van der Waals surface area (Å²) in [5.74, 6) is 0.117. The summed E-state index contributed by atoms with van der Waals surface area (Å²) in [5.41, 5.74) is 9.68. The van der Waals surface area contributed by atoms with E-state index in [2.05, 4.69) is 15.1 Å². The summed E-state index contributed by atoms with van der Waals surface area (Å²) in [6.45, 7) is 0.538. The maximum atomic E-state index is 8.84. The molecule has 2 aromatic rings. The van der Waals surface area contributed by atoms with Crippen molar-refractivity contribution in [3.8, 4) is 6.07 Å². The van der Waals surface area contributed by atoms with Gasteiger partial charge in [-0.05, 0) is 16.2 Å². The fraction of sp³-hybridized carbons (Fsp3) is 0.0909. The molecule has 0 saturated carbocycles. The lowest BCUT2D eigenvalue weighted by Crippen LogP contribution is -1.99. The molecule has 0 fully saturated rings. The maximum Gasteiger partial charge on any atom is 0.166 e. The second-order valence-electron chi connectivity index (χ2n) is 3.35. The number of nitrogens with zero attached hydrogens (tertiary/aromatic N) is 6. The Labute approximate surface area is 97.4 Å². The average molecular weight is 224 g/mol. The Hall–Kier alpha value is -2.77. The molecule has 0 aliphatic heterocycles. The van der Waals surface area contributed by atoms with Crippen LogP contribution in [0.5, 0.6) is 0 Å². The topological polar surface area (TPSA) is 90.4 Å². The third kappa shape index (κ3) is 2.43. The molecule has 0 aliphatic carbocycles. The second kappa shape index (κ2) is 4.84. The van der Waals surface area contributed by atoms with E-state index in [4.69, 9.17) is 10.8 Å². The number of nitriles is 1. The fourth-order valence-electron chi connectivity index (χ4n) is 1.46. The van der Waals surface area contributed by atoms with Crippen molar-refractivity contribution in [3.63, 3.8) is 0 Å². The maximum absolute atomic E-state index is 8.84. The molecule has 1 aromatic heterocycles. The second-order valence-corrected chi connectivity index (χ2v) is 3.35. The number of azide groups is 1. The van der Waals surface area contributed by atoms with Crippen molar-refractivity contribution in [1.82, 2.24) is 9.78 Å². The minimum atomic E-state index is 0.117. The standard InChI is InChI=1S/C11H8N6/c12-6-10-8-17(15-11(10)14-16-13)7-9-4-2-1-3-5-9/h1-5,8H,7H2. The van der Waals surface area contributed by atoms with Crippen LogP contribution < -0.4 is 0 Å². The van der Waals surface area contributed by atoms with Crippen LogP contribution in [0.15, 0.2) is 41.6 Å². The molecule has 0 radical (unpaired) electrons. The summed E-state index contributed by atoms with van der Waals surface area (Å²) in [4.78, 5) is 2.63. The number of benzene rings is 1. The zero-order valence-electron chi connectivity index (χ0n) is 8.85. The van der Waals surface area contributed by atoms with Gasteiger partial charge in [0, 0.05) is 11.1 Å². The third-order valence-corrected chi connectivity index (χ3v) is 2.19. The van der Waals surface area contributed by atoms with Crippen molar-refractivity contribution >= 4 is 5.82 Å². The lowest BCUT2D eigenvalue weighted by Gasteiger charge is -2.00. The minimum Gasteiger partial charge on any atom is -0.266 e. The Morgan fingerprint density at radius 2 is 2.18 bits per heavy atom. The smallest absolute Gasteiger partial charge is 0.166 e. The van der Waals surface area contributed by atoms with Gasteiger partial charge in [0.05, 0.1) is 12.1 Å². The lowest BCUT2D eigenvalue weighted by atomic mass is 10.2. The highest BCUT2D eigenvalue weighted by Crippen LogP contribution is 2.16. The molecule has 0 atom stereocenters. The largest absolute Gasteiger partial charge is 0.266 e. The van der Waals surface area contributed by atoms with Crippen LogP contribution >= 0.6 is 0 Å². The van der Waals surface area contributed by atoms with E-state index in [1.165, 1.54) is 0 Å². The van der Waals surface area contributed by atoms with Crippen LogP contribution in [0.3, 0.4) is 0 Å². The molecule has 6 heteroatoms. The van der Waals surface area contributed by atoms with E-state index in [1.807, 2.05) is 36.4 Å². The summed E-state index contributed by atoms with van der Waals surface area (Å²) in [5, 5.41) is 16.2. The predicted octanol–water partition coefficient (Wildman–Crippen LogP) is 2.74.